The minimum absolute atomic E-state index is 0.229. The van der Waals surface area contributed by atoms with Gasteiger partial charge in [0.2, 0.25) is 0 Å². The van der Waals surface area contributed by atoms with Gasteiger partial charge in [-0.2, -0.15) is 0 Å². The molecular weight excluding hydrogens is 361 g/mol. The second-order valence-corrected chi connectivity index (χ2v) is 7.83. The molecule has 8 heteroatoms. The molecule has 7 nitrogen and oxygen atoms in total. The van der Waals surface area contributed by atoms with E-state index in [4.69, 9.17) is 10.5 Å². The first-order valence-corrected chi connectivity index (χ1v) is 9.30. The SMILES string of the molecule is CC(C)(C)OC(=O)CN1CCN(c2cc(-c3ccccc3F)nnc2N)CC1. The molecule has 1 aromatic carbocycles. The number of anilines is 2. The van der Waals surface area contributed by atoms with E-state index >= 15 is 0 Å². The van der Waals surface area contributed by atoms with Crippen LogP contribution in [0, 0.1) is 5.82 Å². The lowest BCUT2D eigenvalue weighted by Gasteiger charge is -2.36. The normalized spacial score (nSPS) is 15.5. The molecule has 0 saturated carbocycles. The monoisotopic (exact) mass is 387 g/mol. The van der Waals surface area contributed by atoms with Gasteiger partial charge in [0, 0.05) is 31.7 Å². The Morgan fingerprint density at radius 3 is 2.50 bits per heavy atom. The fraction of sp³-hybridized carbons (Fsp3) is 0.450. The van der Waals surface area contributed by atoms with Crippen molar-refractivity contribution < 1.29 is 13.9 Å². The molecule has 0 atom stereocenters. The van der Waals surface area contributed by atoms with Gasteiger partial charge in [0.05, 0.1) is 17.9 Å². The molecule has 0 unspecified atom stereocenters. The fourth-order valence-electron chi connectivity index (χ4n) is 3.15. The molecule has 28 heavy (non-hydrogen) atoms. The number of esters is 1. The van der Waals surface area contributed by atoms with Crippen LogP contribution in [0.15, 0.2) is 30.3 Å². The number of benzene rings is 1. The summed E-state index contributed by atoms with van der Waals surface area (Å²) in [7, 11) is 0. The molecule has 1 aromatic heterocycles. The van der Waals surface area contributed by atoms with Crippen LogP contribution >= 0.6 is 0 Å². The second-order valence-electron chi connectivity index (χ2n) is 7.83. The average Bonchev–Trinajstić information content (AvgIpc) is 2.62. The van der Waals surface area contributed by atoms with Crippen LogP contribution in [0.4, 0.5) is 15.9 Å². The highest BCUT2D eigenvalue weighted by atomic mass is 19.1. The second kappa shape index (κ2) is 8.10. The van der Waals surface area contributed by atoms with Crippen molar-refractivity contribution in [2.75, 3.05) is 43.4 Å². The Kier molecular flexibility index (Phi) is 5.79. The summed E-state index contributed by atoms with van der Waals surface area (Å²) in [4.78, 5) is 16.1. The molecule has 1 aliphatic rings. The van der Waals surface area contributed by atoms with Crippen molar-refractivity contribution in [2.24, 2.45) is 0 Å². The first kappa shape index (κ1) is 20.0. The Balaban J connectivity index is 1.67. The molecule has 1 aliphatic heterocycles. The third kappa shape index (κ3) is 4.95. The zero-order chi connectivity index (χ0) is 20.3. The quantitative estimate of drug-likeness (QED) is 0.806. The molecule has 0 bridgehead atoms. The van der Waals surface area contributed by atoms with Crippen LogP contribution in [0.25, 0.3) is 11.3 Å². The predicted octanol–water partition coefficient (Wildman–Crippen LogP) is 2.33. The zero-order valence-electron chi connectivity index (χ0n) is 16.5. The summed E-state index contributed by atoms with van der Waals surface area (Å²) in [5.41, 5.74) is 7.10. The van der Waals surface area contributed by atoms with E-state index in [1.54, 1.807) is 24.3 Å². The Labute approximate surface area is 164 Å². The van der Waals surface area contributed by atoms with Gasteiger partial charge in [-0.1, -0.05) is 12.1 Å². The van der Waals surface area contributed by atoms with Gasteiger partial charge >= 0.3 is 5.97 Å². The van der Waals surface area contributed by atoms with Crippen LogP contribution in [0.2, 0.25) is 0 Å². The van der Waals surface area contributed by atoms with Crippen LogP contribution in [-0.4, -0.2) is 59.4 Å². The number of piperazine rings is 1. The Morgan fingerprint density at radius 2 is 1.86 bits per heavy atom. The van der Waals surface area contributed by atoms with Crippen LogP contribution < -0.4 is 10.6 Å². The average molecular weight is 387 g/mol. The zero-order valence-corrected chi connectivity index (χ0v) is 16.5. The van der Waals surface area contributed by atoms with Gasteiger partial charge in [-0.3, -0.25) is 9.69 Å². The number of halogens is 1. The molecule has 0 amide bonds. The smallest absolute Gasteiger partial charge is 0.320 e. The van der Waals surface area contributed by atoms with Crippen molar-refractivity contribution in [2.45, 2.75) is 26.4 Å². The van der Waals surface area contributed by atoms with E-state index in [1.807, 2.05) is 25.7 Å². The molecule has 1 fully saturated rings. The molecule has 150 valence electrons. The highest BCUT2D eigenvalue weighted by Gasteiger charge is 2.24. The van der Waals surface area contributed by atoms with Crippen molar-refractivity contribution in [3.05, 3.63) is 36.1 Å². The van der Waals surface area contributed by atoms with E-state index in [0.29, 0.717) is 43.3 Å². The Bertz CT molecular complexity index is 845. The summed E-state index contributed by atoms with van der Waals surface area (Å²) < 4.78 is 19.5. The van der Waals surface area contributed by atoms with Gasteiger partial charge in [-0.25, -0.2) is 4.39 Å². The molecule has 3 rings (SSSR count). The minimum Gasteiger partial charge on any atom is -0.459 e. The highest BCUT2D eigenvalue weighted by molar-refractivity contribution is 5.73. The lowest BCUT2D eigenvalue weighted by molar-refractivity contribution is -0.156. The van der Waals surface area contributed by atoms with Crippen molar-refractivity contribution in [3.63, 3.8) is 0 Å². The summed E-state index contributed by atoms with van der Waals surface area (Å²) >= 11 is 0. The third-order valence-electron chi connectivity index (χ3n) is 4.44. The number of hydrogen-bond donors (Lipinski definition) is 1. The van der Waals surface area contributed by atoms with Crippen LogP contribution in [0.3, 0.4) is 0 Å². The number of nitrogens with two attached hydrogens (primary N) is 1. The lowest BCUT2D eigenvalue weighted by Crippen LogP contribution is -2.49. The van der Waals surface area contributed by atoms with Crippen molar-refractivity contribution in [1.29, 1.82) is 0 Å². The number of aromatic nitrogens is 2. The minimum atomic E-state index is -0.487. The maximum Gasteiger partial charge on any atom is 0.320 e. The Hall–Kier alpha value is -2.74. The molecule has 0 aliphatic carbocycles. The topological polar surface area (TPSA) is 84.6 Å². The van der Waals surface area contributed by atoms with Gasteiger partial charge in [-0.15, -0.1) is 10.2 Å². The van der Waals surface area contributed by atoms with Gasteiger partial charge in [-0.05, 0) is 39.0 Å². The standard InChI is InChI=1S/C20H26FN5O2/c1-20(2,3)28-18(27)13-25-8-10-26(11-9-25)17-12-16(23-24-19(17)22)14-6-4-5-7-15(14)21/h4-7,12H,8-11,13H2,1-3H3,(H2,22,24). The largest absolute Gasteiger partial charge is 0.459 e. The summed E-state index contributed by atoms with van der Waals surface area (Å²) in [6.07, 6.45) is 0. The third-order valence-corrected chi connectivity index (χ3v) is 4.44. The van der Waals surface area contributed by atoms with E-state index in [2.05, 4.69) is 15.1 Å². The van der Waals surface area contributed by atoms with E-state index in [1.165, 1.54) is 6.07 Å². The van der Waals surface area contributed by atoms with Crippen molar-refractivity contribution in [3.8, 4) is 11.3 Å². The van der Waals surface area contributed by atoms with Gasteiger partial charge < -0.3 is 15.4 Å². The van der Waals surface area contributed by atoms with Crippen molar-refractivity contribution >= 4 is 17.5 Å². The molecule has 1 saturated heterocycles. The van der Waals surface area contributed by atoms with Gasteiger partial charge in [0.25, 0.3) is 0 Å². The number of ether oxygens (including phenoxy) is 1. The molecule has 2 aromatic rings. The van der Waals surface area contributed by atoms with Crippen LogP contribution in [0.1, 0.15) is 20.8 Å². The molecule has 0 spiro atoms. The molecular formula is C20H26FN5O2. The van der Waals surface area contributed by atoms with Gasteiger partial charge in [0.15, 0.2) is 5.82 Å². The van der Waals surface area contributed by atoms with Gasteiger partial charge in [0.1, 0.15) is 11.4 Å². The summed E-state index contributed by atoms with van der Waals surface area (Å²) in [5, 5.41) is 8.05. The summed E-state index contributed by atoms with van der Waals surface area (Å²) in [5.74, 6) is -0.275. The summed E-state index contributed by atoms with van der Waals surface area (Å²) in [6, 6.07) is 8.21. The number of carbonyl (C=O) groups is 1. The number of rotatable bonds is 4. The summed E-state index contributed by atoms with van der Waals surface area (Å²) in [6.45, 7) is 8.56. The first-order chi connectivity index (χ1) is 13.2. The Morgan fingerprint density at radius 1 is 1.18 bits per heavy atom. The molecule has 2 N–H and O–H groups in total. The fourth-order valence-corrected chi connectivity index (χ4v) is 3.15. The van der Waals surface area contributed by atoms with E-state index < -0.39 is 5.60 Å². The predicted molar refractivity (Wildman–Crippen MR) is 106 cm³/mol. The number of nitrogen functional groups attached to an aromatic ring is 1. The number of nitrogens with zero attached hydrogens (tertiary/aromatic N) is 4. The maximum absolute atomic E-state index is 14.1. The lowest BCUT2D eigenvalue weighted by atomic mass is 10.1. The van der Waals surface area contributed by atoms with E-state index in [9.17, 15) is 9.18 Å². The number of carbonyl (C=O) groups excluding carboxylic acids is 1. The maximum atomic E-state index is 14.1. The molecule has 0 radical (unpaired) electrons. The molecule has 2 heterocycles. The first-order valence-electron chi connectivity index (χ1n) is 9.30. The highest BCUT2D eigenvalue weighted by Crippen LogP contribution is 2.28. The van der Waals surface area contributed by atoms with Crippen LogP contribution in [0.5, 0.6) is 0 Å². The van der Waals surface area contributed by atoms with Crippen molar-refractivity contribution in [1.82, 2.24) is 15.1 Å². The van der Waals surface area contributed by atoms with Crippen LogP contribution in [-0.2, 0) is 9.53 Å². The van der Waals surface area contributed by atoms with E-state index in [0.717, 1.165) is 5.69 Å². The number of hydrogen-bond acceptors (Lipinski definition) is 7. The van der Waals surface area contributed by atoms with E-state index in [-0.39, 0.29) is 18.3 Å².